The molecule has 4 heterocycles. The van der Waals surface area contributed by atoms with Gasteiger partial charge in [-0.1, -0.05) is 24.3 Å². The van der Waals surface area contributed by atoms with E-state index in [9.17, 15) is 4.79 Å². The molecule has 0 radical (unpaired) electrons. The van der Waals surface area contributed by atoms with Crippen LogP contribution in [0.4, 0.5) is 5.82 Å². The minimum Gasteiger partial charge on any atom is -0.368 e. The maximum absolute atomic E-state index is 12.4. The average molecular weight is 359 g/mol. The Balaban J connectivity index is 1.76. The SMILES string of the molecule is Cc1nc2cccc3c2nc1NCC/C=C\CC1CNC(=O)c2cc-3[nH]c21. The van der Waals surface area contributed by atoms with E-state index in [2.05, 4.69) is 27.8 Å². The molecule has 3 aromatic rings. The molecular weight excluding hydrogens is 338 g/mol. The van der Waals surface area contributed by atoms with Crippen molar-refractivity contribution in [3.05, 3.63) is 53.4 Å². The second-order valence-electron chi connectivity index (χ2n) is 7.17. The number of nitrogens with zero attached hydrogens (tertiary/aromatic N) is 2. The van der Waals surface area contributed by atoms with Crippen LogP contribution < -0.4 is 10.6 Å². The summed E-state index contributed by atoms with van der Waals surface area (Å²) < 4.78 is 0. The Morgan fingerprint density at radius 1 is 1.11 bits per heavy atom. The summed E-state index contributed by atoms with van der Waals surface area (Å²) in [6.45, 7) is 3.45. The maximum atomic E-state index is 12.4. The predicted molar refractivity (Wildman–Crippen MR) is 106 cm³/mol. The fraction of sp³-hybridized carbons (Fsp3) is 0.286. The highest BCUT2D eigenvalue weighted by Crippen LogP contribution is 2.34. The number of aromatic nitrogens is 3. The lowest BCUT2D eigenvalue weighted by atomic mass is 9.94. The topological polar surface area (TPSA) is 82.7 Å². The van der Waals surface area contributed by atoms with Crippen molar-refractivity contribution < 1.29 is 4.79 Å². The van der Waals surface area contributed by atoms with Gasteiger partial charge in [0, 0.05) is 36.0 Å². The third-order valence-electron chi connectivity index (χ3n) is 5.36. The molecule has 2 aromatic heterocycles. The molecule has 1 atom stereocenters. The molecule has 0 aliphatic carbocycles. The lowest BCUT2D eigenvalue weighted by molar-refractivity contribution is 0.0940. The van der Waals surface area contributed by atoms with Crippen molar-refractivity contribution in [1.82, 2.24) is 20.3 Å². The highest BCUT2D eigenvalue weighted by molar-refractivity contribution is 6.00. The summed E-state index contributed by atoms with van der Waals surface area (Å²) >= 11 is 0. The summed E-state index contributed by atoms with van der Waals surface area (Å²) in [5.41, 5.74) is 6.23. The van der Waals surface area contributed by atoms with E-state index in [-0.39, 0.29) is 11.8 Å². The van der Waals surface area contributed by atoms with Crippen LogP contribution in [0.3, 0.4) is 0 Å². The van der Waals surface area contributed by atoms with E-state index in [1.807, 2.05) is 31.2 Å². The molecule has 1 unspecified atom stereocenters. The van der Waals surface area contributed by atoms with Crippen molar-refractivity contribution in [2.24, 2.45) is 0 Å². The van der Waals surface area contributed by atoms with Gasteiger partial charge in [0.25, 0.3) is 5.91 Å². The van der Waals surface area contributed by atoms with Gasteiger partial charge in [-0.15, -0.1) is 0 Å². The Bertz CT molecular complexity index is 1080. The summed E-state index contributed by atoms with van der Waals surface area (Å²) in [5, 5.41) is 6.42. The Kier molecular flexibility index (Phi) is 3.70. The molecule has 1 aromatic carbocycles. The van der Waals surface area contributed by atoms with Crippen LogP contribution in [-0.2, 0) is 0 Å². The number of carbonyl (C=O) groups excluding carboxylic acids is 1. The van der Waals surface area contributed by atoms with Crippen LogP contribution >= 0.6 is 0 Å². The quantitative estimate of drug-likeness (QED) is 0.536. The average Bonchev–Trinajstić information content (AvgIpc) is 3.11. The van der Waals surface area contributed by atoms with E-state index in [0.29, 0.717) is 6.54 Å². The van der Waals surface area contributed by atoms with Gasteiger partial charge < -0.3 is 15.6 Å². The molecule has 2 aliphatic heterocycles. The minimum absolute atomic E-state index is 0.0124. The molecule has 0 saturated heterocycles. The lowest BCUT2D eigenvalue weighted by Crippen LogP contribution is -2.34. The zero-order chi connectivity index (χ0) is 18.4. The van der Waals surface area contributed by atoms with Gasteiger partial charge in [0.05, 0.1) is 16.8 Å². The van der Waals surface area contributed by atoms with Gasteiger partial charge in [0.1, 0.15) is 11.3 Å². The monoisotopic (exact) mass is 359 g/mol. The number of fused-ring (bicyclic) bond motifs is 3. The second-order valence-corrected chi connectivity index (χ2v) is 7.17. The molecule has 1 amide bonds. The number of aromatic amines is 1. The largest absolute Gasteiger partial charge is 0.368 e. The lowest BCUT2D eigenvalue weighted by Gasteiger charge is -2.21. The fourth-order valence-electron chi connectivity index (χ4n) is 3.94. The summed E-state index contributed by atoms with van der Waals surface area (Å²) in [6, 6.07) is 7.95. The van der Waals surface area contributed by atoms with Crippen molar-refractivity contribution in [1.29, 1.82) is 0 Å². The van der Waals surface area contributed by atoms with Crippen LogP contribution in [0.2, 0.25) is 0 Å². The zero-order valence-corrected chi connectivity index (χ0v) is 15.2. The van der Waals surface area contributed by atoms with Crippen molar-refractivity contribution in [2.45, 2.75) is 25.7 Å². The van der Waals surface area contributed by atoms with Crippen molar-refractivity contribution in [2.75, 3.05) is 18.4 Å². The zero-order valence-electron chi connectivity index (χ0n) is 15.2. The molecule has 0 fully saturated rings. The Morgan fingerprint density at radius 3 is 2.96 bits per heavy atom. The van der Waals surface area contributed by atoms with Gasteiger partial charge >= 0.3 is 0 Å². The van der Waals surface area contributed by atoms with Crippen LogP contribution in [0.5, 0.6) is 0 Å². The number of para-hydroxylation sites is 1. The molecule has 3 N–H and O–H groups in total. The van der Waals surface area contributed by atoms with Crippen LogP contribution in [0.25, 0.3) is 22.3 Å². The van der Waals surface area contributed by atoms with E-state index in [4.69, 9.17) is 9.97 Å². The molecule has 136 valence electrons. The Labute approximate surface area is 157 Å². The van der Waals surface area contributed by atoms with Gasteiger partial charge in [0.2, 0.25) is 0 Å². The normalized spacial score (nSPS) is 20.0. The summed E-state index contributed by atoms with van der Waals surface area (Å²) in [7, 11) is 0. The van der Waals surface area contributed by atoms with E-state index in [1.54, 1.807) is 0 Å². The molecule has 2 aliphatic rings. The first-order chi connectivity index (χ1) is 13.2. The van der Waals surface area contributed by atoms with Crippen LogP contribution in [0.15, 0.2) is 36.4 Å². The maximum Gasteiger partial charge on any atom is 0.253 e. The summed E-state index contributed by atoms with van der Waals surface area (Å²) in [4.78, 5) is 25.5. The number of amides is 1. The Hall–Kier alpha value is -3.15. The number of carbonyl (C=O) groups is 1. The van der Waals surface area contributed by atoms with Crippen molar-refractivity contribution >= 4 is 22.8 Å². The number of nitrogens with one attached hydrogen (secondary N) is 3. The third kappa shape index (κ3) is 2.68. The van der Waals surface area contributed by atoms with E-state index in [1.165, 1.54) is 0 Å². The highest BCUT2D eigenvalue weighted by atomic mass is 16.1. The highest BCUT2D eigenvalue weighted by Gasteiger charge is 2.28. The first kappa shape index (κ1) is 16.1. The third-order valence-corrected chi connectivity index (χ3v) is 5.36. The number of hydrogen-bond acceptors (Lipinski definition) is 4. The number of H-pyrrole nitrogens is 1. The standard InChI is InChI=1S/C21H21N5O/c1-12-20-22-9-4-2-3-6-13-11-23-21(27)15-10-17(25-18(13)15)14-7-5-8-16(24-12)19(14)26-20/h2-3,5,7-8,10,13,25H,4,6,9,11H2,1H3,(H,22,26)(H,23,27)/b3-2-. The van der Waals surface area contributed by atoms with E-state index < -0.39 is 0 Å². The van der Waals surface area contributed by atoms with E-state index >= 15 is 0 Å². The summed E-state index contributed by atoms with van der Waals surface area (Å²) in [5.74, 6) is 1.06. The summed E-state index contributed by atoms with van der Waals surface area (Å²) in [6.07, 6.45) is 6.22. The number of allylic oxidation sites excluding steroid dienone is 1. The molecule has 0 spiro atoms. The minimum atomic E-state index is -0.0124. The van der Waals surface area contributed by atoms with Crippen LogP contribution in [0.1, 0.15) is 40.5 Å². The molecule has 0 saturated carbocycles. The second kappa shape index (κ2) is 6.23. The van der Waals surface area contributed by atoms with Crippen molar-refractivity contribution in [3.8, 4) is 11.3 Å². The number of hydrogen-bond donors (Lipinski definition) is 3. The number of anilines is 1. The Morgan fingerprint density at radius 2 is 2.04 bits per heavy atom. The number of aryl methyl sites for hydroxylation is 1. The van der Waals surface area contributed by atoms with Gasteiger partial charge in [-0.2, -0.15) is 0 Å². The van der Waals surface area contributed by atoms with Crippen LogP contribution in [-0.4, -0.2) is 33.9 Å². The molecule has 27 heavy (non-hydrogen) atoms. The number of rotatable bonds is 0. The van der Waals surface area contributed by atoms with Gasteiger partial charge in [-0.3, -0.25) is 4.79 Å². The van der Waals surface area contributed by atoms with Crippen LogP contribution in [0, 0.1) is 6.92 Å². The van der Waals surface area contributed by atoms with Crippen molar-refractivity contribution in [3.63, 3.8) is 0 Å². The first-order valence-electron chi connectivity index (χ1n) is 9.38. The fourth-order valence-corrected chi connectivity index (χ4v) is 3.94. The molecule has 4 bridgehead atoms. The molecule has 6 heteroatoms. The smallest absolute Gasteiger partial charge is 0.253 e. The van der Waals surface area contributed by atoms with E-state index in [0.717, 1.165) is 64.4 Å². The van der Waals surface area contributed by atoms with Gasteiger partial charge in [-0.05, 0) is 31.9 Å². The molecule has 6 nitrogen and oxygen atoms in total. The molecule has 5 rings (SSSR count). The molecular formula is C21H21N5O. The van der Waals surface area contributed by atoms with Gasteiger partial charge in [0.15, 0.2) is 0 Å². The number of benzene rings is 1. The predicted octanol–water partition coefficient (Wildman–Crippen LogP) is 3.52. The van der Waals surface area contributed by atoms with Gasteiger partial charge in [-0.25, -0.2) is 9.97 Å². The first-order valence-corrected chi connectivity index (χ1v) is 9.38.